The quantitative estimate of drug-likeness (QED) is 0.914. The molecular weight excluding hydrogens is 314 g/mol. The summed E-state index contributed by atoms with van der Waals surface area (Å²) in [7, 11) is 0. The van der Waals surface area contributed by atoms with Crippen molar-refractivity contribution in [1.82, 2.24) is 19.7 Å². The van der Waals surface area contributed by atoms with Crippen molar-refractivity contribution in [3.05, 3.63) is 41.3 Å². The van der Waals surface area contributed by atoms with E-state index in [1.54, 1.807) is 6.20 Å². The molecule has 0 bridgehead atoms. The molecule has 1 aliphatic rings. The first-order chi connectivity index (χ1) is 10.7. The van der Waals surface area contributed by atoms with E-state index >= 15 is 0 Å². The molecule has 2 N–H and O–H groups in total. The number of pyridine rings is 1. The van der Waals surface area contributed by atoms with Gasteiger partial charge in [-0.1, -0.05) is 6.07 Å². The van der Waals surface area contributed by atoms with Gasteiger partial charge in [-0.25, -0.2) is 9.67 Å². The minimum absolute atomic E-state index is 0. The Kier molecular flexibility index (Phi) is 6.12. The molecule has 1 unspecified atom stereocenters. The highest BCUT2D eigenvalue weighted by Crippen LogP contribution is 2.19. The third-order valence-electron chi connectivity index (χ3n) is 4.17. The van der Waals surface area contributed by atoms with Gasteiger partial charge in [0.1, 0.15) is 0 Å². The van der Waals surface area contributed by atoms with Crippen LogP contribution in [-0.2, 0) is 11.3 Å². The summed E-state index contributed by atoms with van der Waals surface area (Å²) < 4.78 is 7.55. The lowest BCUT2D eigenvalue weighted by Crippen LogP contribution is -2.45. The van der Waals surface area contributed by atoms with Crippen LogP contribution in [0.1, 0.15) is 17.0 Å². The van der Waals surface area contributed by atoms with Crippen LogP contribution in [0.25, 0.3) is 5.82 Å². The lowest BCUT2D eigenvalue weighted by Gasteiger charge is -2.32. The zero-order valence-corrected chi connectivity index (χ0v) is 14.4. The van der Waals surface area contributed by atoms with E-state index in [1.165, 1.54) is 5.56 Å². The highest BCUT2D eigenvalue weighted by Gasteiger charge is 2.22. The molecule has 0 aromatic carbocycles. The van der Waals surface area contributed by atoms with Gasteiger partial charge < -0.3 is 10.5 Å². The summed E-state index contributed by atoms with van der Waals surface area (Å²) in [6.45, 7) is 8.17. The Morgan fingerprint density at radius 2 is 2.17 bits per heavy atom. The highest BCUT2D eigenvalue weighted by molar-refractivity contribution is 5.85. The molecule has 1 atom stereocenters. The summed E-state index contributed by atoms with van der Waals surface area (Å²) in [6.07, 6.45) is 1.93. The Morgan fingerprint density at radius 3 is 2.87 bits per heavy atom. The van der Waals surface area contributed by atoms with E-state index in [2.05, 4.69) is 28.8 Å². The average Bonchev–Trinajstić information content (AvgIpc) is 2.84. The molecule has 7 heteroatoms. The molecule has 1 aliphatic heterocycles. The van der Waals surface area contributed by atoms with Gasteiger partial charge in [0.05, 0.1) is 18.4 Å². The minimum atomic E-state index is 0. The molecule has 3 rings (SSSR count). The Morgan fingerprint density at radius 1 is 1.35 bits per heavy atom. The Bertz CT molecular complexity index is 631. The SMILES string of the molecule is Cc1nn(-c2ccccn2)c(C)c1CN1CCOC(CN)C1.Cl. The predicted octanol–water partition coefficient (Wildman–Crippen LogP) is 1.47. The molecule has 2 aromatic rings. The molecule has 3 heterocycles. The van der Waals surface area contributed by atoms with E-state index in [4.69, 9.17) is 10.5 Å². The van der Waals surface area contributed by atoms with Crippen molar-refractivity contribution in [2.45, 2.75) is 26.5 Å². The third kappa shape index (κ3) is 3.90. The van der Waals surface area contributed by atoms with Crippen LogP contribution in [0, 0.1) is 13.8 Å². The van der Waals surface area contributed by atoms with Crippen LogP contribution in [0.5, 0.6) is 0 Å². The lowest BCUT2D eigenvalue weighted by molar-refractivity contribution is -0.0261. The van der Waals surface area contributed by atoms with Crippen LogP contribution in [0.15, 0.2) is 24.4 Å². The summed E-state index contributed by atoms with van der Waals surface area (Å²) >= 11 is 0. The first-order valence-electron chi connectivity index (χ1n) is 7.69. The maximum Gasteiger partial charge on any atom is 0.153 e. The van der Waals surface area contributed by atoms with Crippen molar-refractivity contribution < 1.29 is 4.74 Å². The number of hydrogen-bond acceptors (Lipinski definition) is 5. The monoisotopic (exact) mass is 337 g/mol. The van der Waals surface area contributed by atoms with Crippen molar-refractivity contribution in [1.29, 1.82) is 0 Å². The van der Waals surface area contributed by atoms with E-state index in [0.717, 1.165) is 43.4 Å². The third-order valence-corrected chi connectivity index (χ3v) is 4.17. The summed E-state index contributed by atoms with van der Waals surface area (Å²) in [5.41, 5.74) is 9.19. The summed E-state index contributed by atoms with van der Waals surface area (Å²) in [6, 6.07) is 5.87. The Balaban J connectivity index is 0.00000192. The second-order valence-corrected chi connectivity index (χ2v) is 5.71. The van der Waals surface area contributed by atoms with Crippen LogP contribution in [0.4, 0.5) is 0 Å². The number of rotatable bonds is 4. The van der Waals surface area contributed by atoms with E-state index in [1.807, 2.05) is 22.9 Å². The lowest BCUT2D eigenvalue weighted by atomic mass is 10.1. The number of aromatic nitrogens is 3. The van der Waals surface area contributed by atoms with Gasteiger partial charge in [0, 0.05) is 43.6 Å². The zero-order valence-electron chi connectivity index (χ0n) is 13.6. The van der Waals surface area contributed by atoms with Crippen molar-refractivity contribution >= 4 is 12.4 Å². The number of nitrogens with two attached hydrogens (primary N) is 1. The Hall–Kier alpha value is -1.47. The molecule has 1 saturated heterocycles. The first-order valence-corrected chi connectivity index (χ1v) is 7.69. The van der Waals surface area contributed by atoms with Gasteiger partial charge >= 0.3 is 0 Å². The summed E-state index contributed by atoms with van der Waals surface area (Å²) in [5, 5.41) is 4.66. The van der Waals surface area contributed by atoms with Crippen molar-refractivity contribution in [2.75, 3.05) is 26.2 Å². The van der Waals surface area contributed by atoms with Crippen molar-refractivity contribution in [3.63, 3.8) is 0 Å². The molecule has 6 nitrogen and oxygen atoms in total. The summed E-state index contributed by atoms with van der Waals surface area (Å²) in [5.74, 6) is 0.858. The van der Waals surface area contributed by atoms with Gasteiger partial charge in [-0.2, -0.15) is 5.10 Å². The second kappa shape index (κ2) is 7.88. The zero-order chi connectivity index (χ0) is 15.5. The van der Waals surface area contributed by atoms with Gasteiger partial charge in [0.2, 0.25) is 0 Å². The fourth-order valence-electron chi connectivity index (χ4n) is 2.90. The van der Waals surface area contributed by atoms with Crippen LogP contribution in [-0.4, -0.2) is 52.0 Å². The Labute approximate surface area is 143 Å². The number of ether oxygens (including phenoxy) is 1. The molecule has 0 saturated carbocycles. The standard InChI is InChI=1S/C16H23N5O.ClH/c1-12-15(11-20-7-8-22-14(9-17)10-20)13(2)21(19-12)16-5-3-4-6-18-16;/h3-6,14H,7-11,17H2,1-2H3;1H. The highest BCUT2D eigenvalue weighted by atomic mass is 35.5. The van der Waals surface area contributed by atoms with Crippen LogP contribution in [0.2, 0.25) is 0 Å². The van der Waals surface area contributed by atoms with Crippen molar-refractivity contribution in [2.24, 2.45) is 5.73 Å². The fourth-order valence-corrected chi connectivity index (χ4v) is 2.90. The first kappa shape index (κ1) is 17.9. The molecule has 126 valence electrons. The fraction of sp³-hybridized carbons (Fsp3) is 0.500. The van der Waals surface area contributed by atoms with Gasteiger partial charge in [0.25, 0.3) is 0 Å². The van der Waals surface area contributed by atoms with Crippen LogP contribution in [0.3, 0.4) is 0 Å². The number of aryl methyl sites for hydroxylation is 1. The van der Waals surface area contributed by atoms with E-state index in [0.29, 0.717) is 6.54 Å². The number of halogens is 1. The molecule has 1 fully saturated rings. The second-order valence-electron chi connectivity index (χ2n) is 5.71. The van der Waals surface area contributed by atoms with Crippen LogP contribution >= 0.6 is 12.4 Å². The van der Waals surface area contributed by atoms with E-state index in [9.17, 15) is 0 Å². The molecule has 2 aromatic heterocycles. The molecular formula is C16H24ClN5O. The van der Waals surface area contributed by atoms with Gasteiger partial charge in [-0.3, -0.25) is 4.90 Å². The molecule has 0 aliphatic carbocycles. The molecule has 0 amide bonds. The molecule has 0 spiro atoms. The molecule has 23 heavy (non-hydrogen) atoms. The van der Waals surface area contributed by atoms with E-state index < -0.39 is 0 Å². The number of nitrogens with zero attached hydrogens (tertiary/aromatic N) is 4. The number of morpholine rings is 1. The average molecular weight is 338 g/mol. The summed E-state index contributed by atoms with van der Waals surface area (Å²) in [4.78, 5) is 6.78. The minimum Gasteiger partial charge on any atom is -0.374 e. The predicted molar refractivity (Wildman–Crippen MR) is 92.2 cm³/mol. The van der Waals surface area contributed by atoms with Gasteiger partial charge in [0.15, 0.2) is 5.82 Å². The van der Waals surface area contributed by atoms with E-state index in [-0.39, 0.29) is 18.5 Å². The number of hydrogen-bond donors (Lipinski definition) is 1. The largest absolute Gasteiger partial charge is 0.374 e. The topological polar surface area (TPSA) is 69.2 Å². The van der Waals surface area contributed by atoms with Crippen molar-refractivity contribution in [3.8, 4) is 5.82 Å². The maximum absolute atomic E-state index is 5.72. The van der Waals surface area contributed by atoms with Gasteiger partial charge in [-0.15, -0.1) is 12.4 Å². The van der Waals surface area contributed by atoms with Crippen LogP contribution < -0.4 is 5.73 Å². The van der Waals surface area contributed by atoms with Gasteiger partial charge in [-0.05, 0) is 26.0 Å². The molecule has 0 radical (unpaired) electrons. The maximum atomic E-state index is 5.72. The smallest absolute Gasteiger partial charge is 0.153 e. The normalized spacial score (nSPS) is 18.7.